The molecule has 4 rings (SSSR count). The summed E-state index contributed by atoms with van der Waals surface area (Å²) < 4.78 is 5.15. The third kappa shape index (κ3) is 5.77. The lowest BCUT2D eigenvalue weighted by molar-refractivity contribution is -0.126. The van der Waals surface area contributed by atoms with Crippen molar-refractivity contribution in [2.45, 2.75) is 13.3 Å². The highest BCUT2D eigenvalue weighted by molar-refractivity contribution is 6.00. The Labute approximate surface area is 197 Å². The maximum atomic E-state index is 12.6. The highest BCUT2D eigenvalue weighted by Gasteiger charge is 2.34. The number of rotatable bonds is 9. The fraction of sp³-hybridized carbons (Fsp3) is 0.292. The van der Waals surface area contributed by atoms with Crippen LogP contribution in [0.1, 0.15) is 12.0 Å². The number of benzene rings is 1. The summed E-state index contributed by atoms with van der Waals surface area (Å²) in [5, 5.41) is 9.21. The summed E-state index contributed by atoms with van der Waals surface area (Å²) in [7, 11) is 1.59. The zero-order chi connectivity index (χ0) is 23.9. The fourth-order valence-electron chi connectivity index (χ4n) is 3.67. The van der Waals surface area contributed by atoms with Crippen molar-refractivity contribution in [1.82, 2.24) is 20.3 Å². The van der Waals surface area contributed by atoms with Crippen LogP contribution in [0.25, 0.3) is 0 Å². The number of hydrogen-bond donors (Lipinski definition) is 3. The molecule has 10 heteroatoms. The molecule has 3 aromatic rings. The van der Waals surface area contributed by atoms with Crippen LogP contribution < -0.4 is 25.6 Å². The molecule has 0 aliphatic carbocycles. The Morgan fingerprint density at radius 3 is 2.59 bits per heavy atom. The Morgan fingerprint density at radius 2 is 1.82 bits per heavy atom. The van der Waals surface area contributed by atoms with Gasteiger partial charge in [0.05, 0.1) is 13.0 Å². The van der Waals surface area contributed by atoms with Gasteiger partial charge in [0.25, 0.3) is 0 Å². The molecule has 3 N–H and O–H groups in total. The number of carbonyl (C=O) groups excluding carboxylic acids is 2. The molecular weight excluding hydrogens is 434 g/mol. The van der Waals surface area contributed by atoms with E-state index in [4.69, 9.17) is 4.74 Å². The average Bonchev–Trinajstić information content (AvgIpc) is 3.24. The predicted molar refractivity (Wildman–Crippen MR) is 129 cm³/mol. The van der Waals surface area contributed by atoms with Crippen LogP contribution in [-0.4, -0.2) is 53.5 Å². The lowest BCUT2D eigenvalue weighted by Crippen LogP contribution is -2.35. The monoisotopic (exact) mass is 461 g/mol. The van der Waals surface area contributed by atoms with E-state index < -0.39 is 0 Å². The number of ether oxygens (including phenoxy) is 1. The summed E-state index contributed by atoms with van der Waals surface area (Å²) in [4.78, 5) is 39.3. The minimum absolute atomic E-state index is 0.0624. The quantitative estimate of drug-likeness (QED) is 0.416. The van der Waals surface area contributed by atoms with Gasteiger partial charge in [-0.05, 0) is 48.9 Å². The van der Waals surface area contributed by atoms with Crippen molar-refractivity contribution in [3.63, 3.8) is 0 Å². The van der Waals surface area contributed by atoms with Gasteiger partial charge in [-0.3, -0.25) is 9.59 Å². The number of amides is 2. The highest BCUT2D eigenvalue weighted by Crippen LogP contribution is 2.27. The number of nitrogens with zero attached hydrogens (tertiary/aromatic N) is 4. The molecule has 10 nitrogen and oxygen atoms in total. The van der Waals surface area contributed by atoms with Crippen LogP contribution in [0.5, 0.6) is 5.75 Å². The first-order valence-electron chi connectivity index (χ1n) is 11.0. The highest BCUT2D eigenvalue weighted by atomic mass is 16.5. The van der Waals surface area contributed by atoms with Gasteiger partial charge in [-0.2, -0.15) is 0 Å². The molecule has 34 heavy (non-hydrogen) atoms. The van der Waals surface area contributed by atoms with Crippen molar-refractivity contribution < 1.29 is 14.3 Å². The maximum absolute atomic E-state index is 12.6. The van der Waals surface area contributed by atoms with Gasteiger partial charge in [0.15, 0.2) is 0 Å². The molecule has 1 aliphatic heterocycles. The molecular formula is C24H27N7O3. The smallest absolute Gasteiger partial charge is 0.227 e. The maximum Gasteiger partial charge on any atom is 0.227 e. The molecule has 1 aromatic carbocycles. The van der Waals surface area contributed by atoms with Crippen molar-refractivity contribution in [2.75, 3.05) is 42.3 Å². The van der Waals surface area contributed by atoms with Crippen LogP contribution in [0.2, 0.25) is 0 Å². The van der Waals surface area contributed by atoms with Crippen LogP contribution in [0.4, 0.5) is 23.1 Å². The van der Waals surface area contributed by atoms with Crippen LogP contribution in [0.15, 0.2) is 55.0 Å². The number of aromatic nitrogens is 3. The van der Waals surface area contributed by atoms with E-state index in [1.807, 2.05) is 31.2 Å². The summed E-state index contributed by atoms with van der Waals surface area (Å²) in [5.41, 5.74) is 1.86. The lowest BCUT2D eigenvalue weighted by Gasteiger charge is -2.17. The number of anilines is 4. The van der Waals surface area contributed by atoms with Gasteiger partial charge in [0.1, 0.15) is 29.5 Å². The molecule has 3 heterocycles. The molecule has 1 unspecified atom stereocenters. The van der Waals surface area contributed by atoms with Crippen molar-refractivity contribution in [3.05, 3.63) is 60.6 Å². The van der Waals surface area contributed by atoms with Crippen molar-refractivity contribution >= 4 is 35.0 Å². The molecule has 0 radical (unpaired) electrons. The van der Waals surface area contributed by atoms with Crippen molar-refractivity contribution in [1.29, 1.82) is 0 Å². The van der Waals surface area contributed by atoms with Gasteiger partial charge in [-0.25, -0.2) is 15.0 Å². The molecule has 0 saturated carbocycles. The Bertz CT molecular complexity index is 1150. The molecule has 2 aromatic heterocycles. The van der Waals surface area contributed by atoms with E-state index in [1.54, 1.807) is 36.4 Å². The lowest BCUT2D eigenvalue weighted by atomic mass is 10.1. The standard InChI is InChI=1S/C24H27N7O3/c1-16-7-8-25-21(11-16)30-22-13-20(28-15-29-22)26-9-10-27-24(33)17-12-23(32)31(14-17)18-3-5-19(34-2)6-4-18/h3-8,11,13,15,17H,9-10,12,14H2,1-2H3,(H,27,33)(H2,25,26,28,29,30). The second-order valence-corrected chi connectivity index (χ2v) is 7.95. The molecule has 1 saturated heterocycles. The van der Waals surface area contributed by atoms with Gasteiger partial charge in [0, 0.05) is 44.0 Å². The number of nitrogens with one attached hydrogen (secondary N) is 3. The zero-order valence-corrected chi connectivity index (χ0v) is 19.1. The van der Waals surface area contributed by atoms with Crippen LogP contribution in [0, 0.1) is 12.8 Å². The van der Waals surface area contributed by atoms with E-state index in [0.717, 1.165) is 17.0 Å². The van der Waals surface area contributed by atoms with E-state index in [1.165, 1.54) is 6.33 Å². The third-order valence-corrected chi connectivity index (χ3v) is 5.45. The summed E-state index contributed by atoms with van der Waals surface area (Å²) in [6.45, 7) is 3.23. The minimum atomic E-state index is -0.383. The molecule has 2 amide bonds. The normalized spacial score (nSPS) is 15.2. The van der Waals surface area contributed by atoms with Crippen molar-refractivity contribution in [2.24, 2.45) is 5.92 Å². The van der Waals surface area contributed by atoms with E-state index in [9.17, 15) is 9.59 Å². The van der Waals surface area contributed by atoms with Gasteiger partial charge in [0.2, 0.25) is 11.8 Å². The van der Waals surface area contributed by atoms with E-state index >= 15 is 0 Å². The van der Waals surface area contributed by atoms with Gasteiger partial charge in [-0.1, -0.05) is 0 Å². The molecule has 1 aliphatic rings. The van der Waals surface area contributed by atoms with Crippen molar-refractivity contribution in [3.8, 4) is 5.75 Å². The average molecular weight is 462 g/mol. The Hall–Kier alpha value is -4.21. The summed E-state index contributed by atoms with van der Waals surface area (Å²) in [6.07, 6.45) is 3.38. The predicted octanol–water partition coefficient (Wildman–Crippen LogP) is 2.51. The summed E-state index contributed by atoms with van der Waals surface area (Å²) in [5.74, 6) is 2.08. The zero-order valence-electron chi connectivity index (χ0n) is 19.1. The third-order valence-electron chi connectivity index (χ3n) is 5.45. The summed E-state index contributed by atoms with van der Waals surface area (Å²) >= 11 is 0. The molecule has 0 spiro atoms. The molecule has 0 bridgehead atoms. The Balaban J connectivity index is 1.23. The van der Waals surface area contributed by atoms with Gasteiger partial charge in [-0.15, -0.1) is 0 Å². The Kier molecular flexibility index (Phi) is 7.16. The largest absolute Gasteiger partial charge is 0.497 e. The fourth-order valence-corrected chi connectivity index (χ4v) is 3.67. The number of methoxy groups -OCH3 is 1. The number of aryl methyl sites for hydroxylation is 1. The molecule has 1 fully saturated rings. The SMILES string of the molecule is COc1ccc(N2CC(C(=O)NCCNc3cc(Nc4cc(C)ccn4)ncn3)CC2=O)cc1. The molecule has 1 atom stereocenters. The summed E-state index contributed by atoms with van der Waals surface area (Å²) in [6, 6.07) is 12.9. The number of carbonyl (C=O) groups is 2. The Morgan fingerprint density at radius 1 is 1.06 bits per heavy atom. The van der Waals surface area contributed by atoms with E-state index in [-0.39, 0.29) is 24.2 Å². The van der Waals surface area contributed by atoms with Gasteiger partial charge < -0.3 is 25.6 Å². The first kappa shape index (κ1) is 23.0. The number of pyridine rings is 1. The first-order chi connectivity index (χ1) is 16.5. The van der Waals surface area contributed by atoms with Crippen LogP contribution >= 0.6 is 0 Å². The van der Waals surface area contributed by atoms with Gasteiger partial charge >= 0.3 is 0 Å². The van der Waals surface area contributed by atoms with E-state index in [0.29, 0.717) is 37.1 Å². The first-order valence-corrected chi connectivity index (χ1v) is 11.0. The van der Waals surface area contributed by atoms with Crippen LogP contribution in [0.3, 0.4) is 0 Å². The second-order valence-electron chi connectivity index (χ2n) is 7.95. The second kappa shape index (κ2) is 10.6. The topological polar surface area (TPSA) is 121 Å². The molecule has 176 valence electrons. The number of hydrogen-bond acceptors (Lipinski definition) is 8. The van der Waals surface area contributed by atoms with Crippen LogP contribution in [-0.2, 0) is 9.59 Å². The minimum Gasteiger partial charge on any atom is -0.497 e. The van der Waals surface area contributed by atoms with E-state index in [2.05, 4.69) is 30.9 Å².